The lowest BCUT2D eigenvalue weighted by molar-refractivity contribution is -0.210. The summed E-state index contributed by atoms with van der Waals surface area (Å²) in [6.07, 6.45) is 3.33. The summed E-state index contributed by atoms with van der Waals surface area (Å²) in [7, 11) is 0. The second kappa shape index (κ2) is 6.24. The van der Waals surface area contributed by atoms with E-state index in [-0.39, 0.29) is 11.1 Å². The highest BCUT2D eigenvalue weighted by atomic mass is 16.7. The summed E-state index contributed by atoms with van der Waals surface area (Å²) in [6, 6.07) is 6.39. The van der Waals surface area contributed by atoms with E-state index in [1.54, 1.807) is 12.1 Å². The topological polar surface area (TPSA) is 82.1 Å². The lowest BCUT2D eigenvalue weighted by Gasteiger charge is -2.36. The van der Waals surface area contributed by atoms with E-state index in [1.807, 2.05) is 0 Å². The first-order chi connectivity index (χ1) is 12.1. The highest BCUT2D eigenvalue weighted by Crippen LogP contribution is 2.37. The minimum absolute atomic E-state index is 0.232. The van der Waals surface area contributed by atoms with Gasteiger partial charge in [0.05, 0.1) is 17.2 Å². The average molecular weight is 345 g/mol. The van der Waals surface area contributed by atoms with E-state index in [4.69, 9.17) is 14.3 Å². The summed E-state index contributed by atoms with van der Waals surface area (Å²) in [5, 5.41) is 0.541. The number of hydrogen-bond donors (Lipinski definition) is 0. The van der Waals surface area contributed by atoms with Gasteiger partial charge in [-0.25, -0.2) is 4.79 Å². The van der Waals surface area contributed by atoms with Gasteiger partial charge in [-0.05, 0) is 44.2 Å². The molecule has 132 valence electrons. The normalized spacial score (nSPS) is 29.0. The zero-order valence-corrected chi connectivity index (χ0v) is 13.7. The van der Waals surface area contributed by atoms with Gasteiger partial charge in [-0.15, -0.1) is 0 Å². The Kier molecular flexibility index (Phi) is 4.05. The van der Waals surface area contributed by atoms with Crippen molar-refractivity contribution >= 4 is 17.8 Å². The van der Waals surface area contributed by atoms with Crippen molar-refractivity contribution in [2.24, 2.45) is 0 Å². The maximum Gasteiger partial charge on any atom is 0.367 e. The highest BCUT2D eigenvalue weighted by molar-refractivity contribution is 6.21. The molecular formula is C18H19NO6. The van der Waals surface area contributed by atoms with Gasteiger partial charge in [0.25, 0.3) is 11.8 Å². The van der Waals surface area contributed by atoms with Crippen molar-refractivity contribution in [2.45, 2.75) is 43.8 Å². The third-order valence-corrected chi connectivity index (χ3v) is 5.03. The van der Waals surface area contributed by atoms with Crippen molar-refractivity contribution in [1.82, 2.24) is 5.06 Å². The molecule has 3 aliphatic heterocycles. The Balaban J connectivity index is 1.57. The molecule has 0 bridgehead atoms. The molecule has 7 nitrogen and oxygen atoms in total. The Bertz CT molecular complexity index is 683. The summed E-state index contributed by atoms with van der Waals surface area (Å²) >= 11 is 0. The molecule has 3 heterocycles. The number of carbonyl (C=O) groups excluding carboxylic acids is 3. The number of hydrogen-bond acceptors (Lipinski definition) is 6. The monoisotopic (exact) mass is 345 g/mol. The van der Waals surface area contributed by atoms with E-state index in [0.717, 1.165) is 12.8 Å². The molecule has 1 aromatic carbocycles. The SMILES string of the molecule is O=C1c2ccccc2C(=O)N1OC(=O)C1(C2CCCCO2)CCCO1. The molecule has 4 rings (SSSR count). The van der Waals surface area contributed by atoms with Crippen molar-refractivity contribution in [2.75, 3.05) is 13.2 Å². The minimum atomic E-state index is -1.24. The fourth-order valence-corrected chi connectivity index (χ4v) is 3.73. The van der Waals surface area contributed by atoms with Crippen LogP contribution >= 0.6 is 0 Å². The van der Waals surface area contributed by atoms with E-state index in [0.29, 0.717) is 37.5 Å². The molecule has 2 fully saturated rings. The first kappa shape index (κ1) is 16.2. The van der Waals surface area contributed by atoms with E-state index < -0.39 is 29.5 Å². The molecular weight excluding hydrogens is 326 g/mol. The van der Waals surface area contributed by atoms with Crippen molar-refractivity contribution in [3.05, 3.63) is 35.4 Å². The van der Waals surface area contributed by atoms with Crippen LogP contribution in [0.2, 0.25) is 0 Å². The van der Waals surface area contributed by atoms with Crippen LogP contribution in [0.3, 0.4) is 0 Å². The molecule has 0 aliphatic carbocycles. The molecule has 0 aromatic heterocycles. The predicted octanol–water partition coefficient (Wildman–Crippen LogP) is 1.86. The second-order valence-electron chi connectivity index (χ2n) is 6.53. The lowest BCUT2D eigenvalue weighted by atomic mass is 9.88. The second-order valence-corrected chi connectivity index (χ2v) is 6.53. The van der Waals surface area contributed by atoms with Gasteiger partial charge in [-0.3, -0.25) is 9.59 Å². The Hall–Kier alpha value is -2.25. The molecule has 2 saturated heterocycles. The Morgan fingerprint density at radius 2 is 1.80 bits per heavy atom. The third kappa shape index (κ3) is 2.54. The quantitative estimate of drug-likeness (QED) is 0.778. The van der Waals surface area contributed by atoms with Crippen molar-refractivity contribution in [3.8, 4) is 0 Å². The molecule has 0 N–H and O–H groups in total. The number of fused-ring (bicyclic) bond motifs is 1. The average Bonchev–Trinajstić information content (AvgIpc) is 3.24. The zero-order chi connectivity index (χ0) is 17.4. The molecule has 7 heteroatoms. The largest absolute Gasteiger partial charge is 0.375 e. The van der Waals surface area contributed by atoms with Crippen LogP contribution in [0.5, 0.6) is 0 Å². The fraction of sp³-hybridized carbons (Fsp3) is 0.500. The van der Waals surface area contributed by atoms with E-state index in [9.17, 15) is 14.4 Å². The molecule has 25 heavy (non-hydrogen) atoms. The van der Waals surface area contributed by atoms with Crippen LogP contribution in [-0.4, -0.2) is 47.8 Å². The standard InChI is InChI=1S/C18H19NO6/c20-15-12-6-1-2-7-13(12)16(21)19(15)25-17(22)18(9-5-11-24-18)14-8-3-4-10-23-14/h1-2,6-7,14H,3-5,8-11H2. The molecule has 0 spiro atoms. The maximum absolute atomic E-state index is 12.9. The van der Waals surface area contributed by atoms with Gasteiger partial charge in [0.15, 0.2) is 5.60 Å². The van der Waals surface area contributed by atoms with Crippen LogP contribution in [0.15, 0.2) is 24.3 Å². The van der Waals surface area contributed by atoms with Crippen molar-refractivity contribution in [3.63, 3.8) is 0 Å². The smallest absolute Gasteiger partial charge is 0.367 e. The number of imide groups is 1. The number of rotatable bonds is 3. The third-order valence-electron chi connectivity index (χ3n) is 5.03. The molecule has 0 radical (unpaired) electrons. The van der Waals surface area contributed by atoms with Gasteiger partial charge in [0.2, 0.25) is 0 Å². The number of amides is 2. The first-order valence-corrected chi connectivity index (χ1v) is 8.59. The van der Waals surface area contributed by atoms with E-state index in [2.05, 4.69) is 0 Å². The van der Waals surface area contributed by atoms with Crippen LogP contribution in [0.1, 0.15) is 52.8 Å². The molecule has 2 atom stereocenters. The first-order valence-electron chi connectivity index (χ1n) is 8.59. The number of nitrogens with zero attached hydrogens (tertiary/aromatic N) is 1. The summed E-state index contributed by atoms with van der Waals surface area (Å²) in [4.78, 5) is 42.9. The van der Waals surface area contributed by atoms with Crippen LogP contribution in [-0.2, 0) is 19.1 Å². The summed E-state index contributed by atoms with van der Waals surface area (Å²) in [6.45, 7) is 0.993. The van der Waals surface area contributed by atoms with E-state index in [1.165, 1.54) is 12.1 Å². The Labute approximate surface area is 144 Å². The summed E-state index contributed by atoms with van der Waals surface area (Å²) in [5.41, 5.74) is -0.776. The van der Waals surface area contributed by atoms with Gasteiger partial charge in [-0.2, -0.15) is 0 Å². The van der Waals surface area contributed by atoms with Crippen LogP contribution < -0.4 is 0 Å². The fourth-order valence-electron chi connectivity index (χ4n) is 3.73. The number of ether oxygens (including phenoxy) is 2. The van der Waals surface area contributed by atoms with Crippen LogP contribution in [0.25, 0.3) is 0 Å². The molecule has 0 saturated carbocycles. The summed E-state index contributed by atoms with van der Waals surface area (Å²) in [5.74, 6) is -2.00. The van der Waals surface area contributed by atoms with Crippen LogP contribution in [0, 0.1) is 0 Å². The molecule has 2 amide bonds. The number of benzene rings is 1. The Morgan fingerprint density at radius 1 is 1.08 bits per heavy atom. The van der Waals surface area contributed by atoms with Crippen molar-refractivity contribution < 1.29 is 28.7 Å². The van der Waals surface area contributed by atoms with Gasteiger partial charge in [-0.1, -0.05) is 17.2 Å². The number of hydroxylamine groups is 2. The van der Waals surface area contributed by atoms with Gasteiger partial charge in [0, 0.05) is 13.2 Å². The highest BCUT2D eigenvalue weighted by Gasteiger charge is 2.54. The van der Waals surface area contributed by atoms with Crippen LogP contribution in [0.4, 0.5) is 0 Å². The van der Waals surface area contributed by atoms with Gasteiger partial charge >= 0.3 is 5.97 Å². The summed E-state index contributed by atoms with van der Waals surface area (Å²) < 4.78 is 11.5. The van der Waals surface area contributed by atoms with Gasteiger partial charge < -0.3 is 14.3 Å². The zero-order valence-electron chi connectivity index (χ0n) is 13.7. The molecule has 1 aromatic rings. The number of carbonyl (C=O) groups is 3. The van der Waals surface area contributed by atoms with Crippen molar-refractivity contribution in [1.29, 1.82) is 0 Å². The molecule has 2 unspecified atom stereocenters. The van der Waals surface area contributed by atoms with E-state index >= 15 is 0 Å². The van der Waals surface area contributed by atoms with Gasteiger partial charge in [0.1, 0.15) is 0 Å². The maximum atomic E-state index is 12.9. The lowest BCUT2D eigenvalue weighted by Crippen LogP contribution is -2.54. The molecule has 3 aliphatic rings. The predicted molar refractivity (Wildman–Crippen MR) is 84.5 cm³/mol. The minimum Gasteiger partial charge on any atom is -0.375 e. The Morgan fingerprint density at radius 3 is 2.36 bits per heavy atom.